The van der Waals surface area contributed by atoms with E-state index >= 15 is 0 Å². The third-order valence-electron chi connectivity index (χ3n) is 4.07. The van der Waals surface area contributed by atoms with Crippen molar-refractivity contribution in [3.8, 4) is 0 Å². The zero-order valence-corrected chi connectivity index (χ0v) is 16.2. The zero-order chi connectivity index (χ0) is 19.0. The third kappa shape index (κ3) is 6.45. The number of hydrogen-bond acceptors (Lipinski definition) is 4. The number of guanidine groups is 1. The number of nitrogens with zero attached hydrogens (tertiary/aromatic N) is 3. The summed E-state index contributed by atoms with van der Waals surface area (Å²) in [6.07, 6.45) is 1.78. The van der Waals surface area contributed by atoms with E-state index in [9.17, 15) is 12.8 Å². The van der Waals surface area contributed by atoms with Crippen molar-refractivity contribution >= 4 is 21.7 Å². The minimum atomic E-state index is -3.15. The maximum Gasteiger partial charge on any atom is 0.208 e. The van der Waals surface area contributed by atoms with E-state index in [1.165, 1.54) is 6.07 Å². The topological polar surface area (TPSA) is 77.0 Å². The first-order valence-electron chi connectivity index (χ1n) is 8.88. The van der Waals surface area contributed by atoms with Gasteiger partial charge >= 0.3 is 0 Å². The van der Waals surface area contributed by atoms with Crippen LogP contribution in [0.3, 0.4) is 0 Å². The highest BCUT2D eigenvalue weighted by Gasteiger charge is 2.21. The summed E-state index contributed by atoms with van der Waals surface area (Å²) in [5.74, 6) is 0.625. The molecule has 1 aliphatic heterocycles. The molecule has 1 saturated heterocycles. The molecule has 2 N–H and O–H groups in total. The minimum Gasteiger partial charge on any atom is -0.366 e. The molecule has 0 aromatic heterocycles. The van der Waals surface area contributed by atoms with Crippen LogP contribution in [-0.4, -0.2) is 71.3 Å². The Hall–Kier alpha value is -1.87. The molecule has 0 amide bonds. The first kappa shape index (κ1) is 20.4. The molecule has 0 spiro atoms. The summed E-state index contributed by atoms with van der Waals surface area (Å²) in [5.41, 5.74) is 0.640. The Morgan fingerprint density at radius 3 is 2.54 bits per heavy atom. The van der Waals surface area contributed by atoms with Gasteiger partial charge in [-0.3, -0.25) is 4.99 Å². The van der Waals surface area contributed by atoms with E-state index in [0.29, 0.717) is 25.2 Å². The van der Waals surface area contributed by atoms with Crippen molar-refractivity contribution in [2.24, 2.45) is 4.99 Å². The number of aliphatic imine (C=N–C) groups is 1. The fourth-order valence-corrected chi connectivity index (χ4v) is 3.33. The predicted octanol–water partition coefficient (Wildman–Crippen LogP) is 0.853. The smallest absolute Gasteiger partial charge is 0.208 e. The van der Waals surface area contributed by atoms with Crippen LogP contribution in [-0.2, 0) is 10.0 Å². The first-order valence-corrected chi connectivity index (χ1v) is 10.8. The lowest BCUT2D eigenvalue weighted by molar-refractivity contribution is 0.370. The van der Waals surface area contributed by atoms with Gasteiger partial charge in [0.1, 0.15) is 5.82 Å². The number of hydrogen-bond donors (Lipinski definition) is 2. The number of anilines is 1. The molecule has 1 aromatic carbocycles. The van der Waals surface area contributed by atoms with Crippen molar-refractivity contribution in [1.29, 1.82) is 0 Å². The Morgan fingerprint density at radius 1 is 1.23 bits per heavy atom. The van der Waals surface area contributed by atoms with Crippen LogP contribution in [0.15, 0.2) is 29.3 Å². The van der Waals surface area contributed by atoms with Gasteiger partial charge < -0.3 is 15.1 Å². The molecule has 7 nitrogen and oxygen atoms in total. The van der Waals surface area contributed by atoms with Crippen LogP contribution < -0.4 is 14.9 Å². The van der Waals surface area contributed by atoms with Crippen molar-refractivity contribution in [3.05, 3.63) is 30.1 Å². The van der Waals surface area contributed by atoms with Gasteiger partial charge in [0, 0.05) is 45.8 Å². The second-order valence-corrected chi connectivity index (χ2v) is 8.01. The number of para-hydroxylation sites is 1. The Labute approximate surface area is 155 Å². The van der Waals surface area contributed by atoms with Crippen LogP contribution >= 0.6 is 0 Å². The van der Waals surface area contributed by atoms with E-state index in [0.717, 1.165) is 44.9 Å². The van der Waals surface area contributed by atoms with Gasteiger partial charge in [0.15, 0.2) is 5.96 Å². The average molecular weight is 386 g/mol. The SMILES string of the molecule is CCNC(=NCCCNS(C)(=O)=O)N1CCN(c2ccccc2F)CC1. The molecule has 1 aromatic rings. The summed E-state index contributed by atoms with van der Waals surface area (Å²) in [4.78, 5) is 8.78. The normalized spacial score (nSPS) is 16.0. The Balaban J connectivity index is 1.87. The third-order valence-corrected chi connectivity index (χ3v) is 4.80. The van der Waals surface area contributed by atoms with E-state index in [1.807, 2.05) is 17.9 Å². The van der Waals surface area contributed by atoms with Gasteiger partial charge in [0.05, 0.1) is 11.9 Å². The molecule has 26 heavy (non-hydrogen) atoms. The number of sulfonamides is 1. The van der Waals surface area contributed by atoms with Gasteiger partial charge in [-0.05, 0) is 25.5 Å². The lowest BCUT2D eigenvalue weighted by Gasteiger charge is -2.37. The van der Waals surface area contributed by atoms with E-state index < -0.39 is 10.0 Å². The monoisotopic (exact) mass is 385 g/mol. The molecule has 1 fully saturated rings. The molecule has 9 heteroatoms. The Bertz CT molecular complexity index is 703. The minimum absolute atomic E-state index is 0.195. The maximum atomic E-state index is 13.9. The lowest BCUT2D eigenvalue weighted by atomic mass is 10.2. The van der Waals surface area contributed by atoms with Gasteiger partial charge in [0.2, 0.25) is 10.0 Å². The van der Waals surface area contributed by atoms with Crippen LogP contribution in [0.5, 0.6) is 0 Å². The number of benzene rings is 1. The zero-order valence-electron chi connectivity index (χ0n) is 15.4. The number of piperazine rings is 1. The fraction of sp³-hybridized carbons (Fsp3) is 0.588. The second kappa shape index (κ2) is 9.72. The molecule has 146 valence electrons. The number of rotatable bonds is 7. The molecule has 0 saturated carbocycles. The van der Waals surface area contributed by atoms with Crippen LogP contribution in [0.4, 0.5) is 10.1 Å². The number of nitrogens with one attached hydrogen (secondary N) is 2. The van der Waals surface area contributed by atoms with Crippen molar-refractivity contribution in [3.63, 3.8) is 0 Å². The summed E-state index contributed by atoms with van der Waals surface area (Å²) < 4.78 is 38.5. The maximum absolute atomic E-state index is 13.9. The van der Waals surface area contributed by atoms with Crippen LogP contribution in [0.1, 0.15) is 13.3 Å². The summed E-state index contributed by atoms with van der Waals surface area (Å²) >= 11 is 0. The molecule has 2 rings (SSSR count). The molecule has 1 aliphatic rings. The molecular formula is C17H28FN5O2S. The quantitative estimate of drug-likeness (QED) is 0.413. The summed E-state index contributed by atoms with van der Waals surface area (Å²) in [7, 11) is -3.15. The molecule has 0 aliphatic carbocycles. The van der Waals surface area contributed by atoms with Crippen molar-refractivity contribution in [2.75, 3.05) is 57.0 Å². The average Bonchev–Trinajstić information content (AvgIpc) is 2.60. The van der Waals surface area contributed by atoms with E-state index in [4.69, 9.17) is 0 Å². The standard InChI is InChI=1S/C17H28FN5O2S/c1-3-19-17(20-9-6-10-21-26(2,24)25)23-13-11-22(12-14-23)16-8-5-4-7-15(16)18/h4-5,7-8,21H,3,6,9-14H2,1-2H3,(H,19,20). The van der Waals surface area contributed by atoms with Gasteiger partial charge in [-0.15, -0.1) is 0 Å². The summed E-state index contributed by atoms with van der Waals surface area (Å²) in [5, 5.41) is 3.27. The Morgan fingerprint density at radius 2 is 1.92 bits per heavy atom. The highest BCUT2D eigenvalue weighted by Crippen LogP contribution is 2.20. The van der Waals surface area contributed by atoms with Crippen LogP contribution in [0.2, 0.25) is 0 Å². The molecule has 0 bridgehead atoms. The van der Waals surface area contributed by atoms with E-state index in [2.05, 4.69) is 19.9 Å². The van der Waals surface area contributed by atoms with Crippen molar-refractivity contribution in [2.45, 2.75) is 13.3 Å². The van der Waals surface area contributed by atoms with Crippen LogP contribution in [0, 0.1) is 5.82 Å². The van der Waals surface area contributed by atoms with Crippen molar-refractivity contribution < 1.29 is 12.8 Å². The summed E-state index contributed by atoms with van der Waals surface area (Å²) in [6, 6.07) is 6.83. The van der Waals surface area contributed by atoms with Crippen molar-refractivity contribution in [1.82, 2.24) is 14.9 Å². The lowest BCUT2D eigenvalue weighted by Crippen LogP contribution is -2.52. The molecule has 1 heterocycles. The first-order chi connectivity index (χ1) is 12.4. The molecule has 0 unspecified atom stereocenters. The molecular weight excluding hydrogens is 357 g/mol. The molecule has 0 radical (unpaired) electrons. The van der Waals surface area contributed by atoms with Crippen LogP contribution in [0.25, 0.3) is 0 Å². The summed E-state index contributed by atoms with van der Waals surface area (Å²) in [6.45, 7) is 6.64. The van der Waals surface area contributed by atoms with E-state index in [1.54, 1.807) is 12.1 Å². The number of halogens is 1. The highest BCUT2D eigenvalue weighted by molar-refractivity contribution is 7.88. The van der Waals surface area contributed by atoms with Gasteiger partial charge in [0.25, 0.3) is 0 Å². The van der Waals surface area contributed by atoms with E-state index in [-0.39, 0.29) is 5.82 Å². The second-order valence-electron chi connectivity index (χ2n) is 6.18. The fourth-order valence-electron chi connectivity index (χ4n) is 2.81. The highest BCUT2D eigenvalue weighted by atomic mass is 32.2. The van der Waals surface area contributed by atoms with Gasteiger partial charge in [-0.25, -0.2) is 17.5 Å². The Kier molecular flexibility index (Phi) is 7.65. The largest absolute Gasteiger partial charge is 0.366 e. The molecule has 0 atom stereocenters. The predicted molar refractivity (Wildman–Crippen MR) is 104 cm³/mol. The van der Waals surface area contributed by atoms with Gasteiger partial charge in [-0.2, -0.15) is 0 Å². The van der Waals surface area contributed by atoms with Gasteiger partial charge in [-0.1, -0.05) is 12.1 Å².